The van der Waals surface area contributed by atoms with Gasteiger partial charge in [-0.3, -0.25) is 9.59 Å². The first kappa shape index (κ1) is 23.1. The van der Waals surface area contributed by atoms with Crippen molar-refractivity contribution >= 4 is 23.3 Å². The molecular weight excluding hydrogens is 470 g/mol. The molecule has 2 N–H and O–H groups in total. The molecule has 0 atom stereocenters. The number of carbonyl (C=O) groups excluding carboxylic acids is 1. The van der Waals surface area contributed by atoms with E-state index in [0.29, 0.717) is 36.0 Å². The lowest BCUT2D eigenvalue weighted by molar-refractivity contribution is 0.0915. The van der Waals surface area contributed by atoms with Crippen molar-refractivity contribution in [3.8, 4) is 17.1 Å². The molecule has 4 aromatic rings. The van der Waals surface area contributed by atoms with E-state index in [1.165, 1.54) is 0 Å². The Hall–Kier alpha value is -3.69. The minimum Gasteiger partial charge on any atom is -0.486 e. The van der Waals surface area contributed by atoms with Crippen LogP contribution in [0.3, 0.4) is 0 Å². The Kier molecular flexibility index (Phi) is 6.27. The molecule has 0 radical (unpaired) electrons. The number of methoxy groups -OCH3 is 1. The first-order valence-electron chi connectivity index (χ1n) is 11.2. The van der Waals surface area contributed by atoms with E-state index in [-0.39, 0.29) is 28.7 Å². The topological polar surface area (TPSA) is 111 Å². The number of hydrogen-bond acceptors (Lipinski definition) is 6. The zero-order chi connectivity index (χ0) is 24.4. The molecular formula is C25H24ClN5O4. The summed E-state index contributed by atoms with van der Waals surface area (Å²) in [5, 5.41) is 7.20. The standard InChI is InChI=1S/C25H24ClN5O4/c1-34-15-25(11-12-25)14-27-22(32)17-9-5-6-10-19(17)35-13-18-20(26)23(33)31-24(28-18)29-21(30-31)16-7-3-2-4-8-16/h2-10H,11-15H2,1H3,(H,27,32)(H,28,29,30). The van der Waals surface area contributed by atoms with Crippen molar-refractivity contribution in [2.75, 3.05) is 20.3 Å². The molecule has 1 aliphatic carbocycles. The minimum atomic E-state index is -0.507. The van der Waals surface area contributed by atoms with Gasteiger partial charge in [-0.15, -0.1) is 5.10 Å². The van der Waals surface area contributed by atoms with E-state index in [1.54, 1.807) is 31.4 Å². The number of benzene rings is 2. The lowest BCUT2D eigenvalue weighted by atomic mass is 10.1. The Morgan fingerprint density at radius 2 is 1.91 bits per heavy atom. The fourth-order valence-corrected chi connectivity index (χ4v) is 4.09. The van der Waals surface area contributed by atoms with Crippen LogP contribution < -0.4 is 15.6 Å². The van der Waals surface area contributed by atoms with Gasteiger partial charge >= 0.3 is 0 Å². The number of halogens is 1. The van der Waals surface area contributed by atoms with Crippen molar-refractivity contribution in [1.82, 2.24) is 24.9 Å². The number of nitrogens with zero attached hydrogens (tertiary/aromatic N) is 3. The Balaban J connectivity index is 1.34. The third-order valence-electron chi connectivity index (χ3n) is 6.08. The molecule has 0 unspecified atom stereocenters. The molecule has 5 rings (SSSR count). The van der Waals surface area contributed by atoms with Gasteiger partial charge in [-0.05, 0) is 25.0 Å². The predicted molar refractivity (Wildman–Crippen MR) is 131 cm³/mol. The zero-order valence-electron chi connectivity index (χ0n) is 19.1. The van der Waals surface area contributed by atoms with Crippen LogP contribution in [-0.4, -0.2) is 45.8 Å². The van der Waals surface area contributed by atoms with Crippen LogP contribution >= 0.6 is 11.6 Å². The highest BCUT2D eigenvalue weighted by molar-refractivity contribution is 6.31. The number of H-pyrrole nitrogens is 1. The molecule has 9 nitrogen and oxygen atoms in total. The van der Waals surface area contributed by atoms with Gasteiger partial charge < -0.3 is 19.8 Å². The molecule has 2 heterocycles. The first-order valence-corrected chi connectivity index (χ1v) is 11.6. The maximum absolute atomic E-state index is 12.9. The van der Waals surface area contributed by atoms with Crippen molar-refractivity contribution in [2.45, 2.75) is 19.4 Å². The SMILES string of the molecule is COCC1(CNC(=O)c2ccccc2OCc2[nH]c3nc(-c4ccccc4)nn3c(=O)c2Cl)CC1. The van der Waals surface area contributed by atoms with Crippen LogP contribution in [0, 0.1) is 5.41 Å². The number of carbonyl (C=O) groups is 1. The molecule has 10 heteroatoms. The second kappa shape index (κ2) is 9.52. The van der Waals surface area contributed by atoms with Crippen molar-refractivity contribution in [3.05, 3.63) is 81.2 Å². The molecule has 0 bridgehead atoms. The molecule has 35 heavy (non-hydrogen) atoms. The number of aromatic nitrogens is 4. The van der Waals surface area contributed by atoms with Crippen LogP contribution in [0.2, 0.25) is 5.02 Å². The molecule has 1 fully saturated rings. The third kappa shape index (κ3) is 4.78. The summed E-state index contributed by atoms with van der Waals surface area (Å²) in [5.74, 6) is 0.792. The highest BCUT2D eigenvalue weighted by Crippen LogP contribution is 2.45. The van der Waals surface area contributed by atoms with Crippen molar-refractivity contribution in [2.24, 2.45) is 5.41 Å². The van der Waals surface area contributed by atoms with Crippen LogP contribution in [0.25, 0.3) is 17.2 Å². The summed E-state index contributed by atoms with van der Waals surface area (Å²) < 4.78 is 12.3. The maximum Gasteiger partial charge on any atom is 0.294 e. The van der Waals surface area contributed by atoms with Gasteiger partial charge in [0.2, 0.25) is 5.78 Å². The van der Waals surface area contributed by atoms with Crippen LogP contribution in [0.15, 0.2) is 59.4 Å². The number of nitrogens with one attached hydrogen (secondary N) is 2. The molecule has 1 saturated carbocycles. The molecule has 0 aliphatic heterocycles. The van der Waals surface area contributed by atoms with E-state index in [2.05, 4.69) is 20.4 Å². The average Bonchev–Trinajstić information content (AvgIpc) is 3.52. The van der Waals surface area contributed by atoms with Gasteiger partial charge in [-0.25, -0.2) is 0 Å². The van der Waals surface area contributed by atoms with Crippen LogP contribution in [-0.2, 0) is 11.3 Å². The number of hydrogen-bond donors (Lipinski definition) is 2. The second-order valence-corrected chi connectivity index (χ2v) is 9.04. The molecule has 1 amide bonds. The number of amides is 1. The van der Waals surface area contributed by atoms with Gasteiger partial charge in [0.05, 0.1) is 17.9 Å². The number of rotatable bonds is 9. The quantitative estimate of drug-likeness (QED) is 0.369. The van der Waals surface area contributed by atoms with Crippen molar-refractivity contribution < 1.29 is 14.3 Å². The molecule has 180 valence electrons. The average molecular weight is 494 g/mol. The van der Waals surface area contributed by atoms with Gasteiger partial charge in [0.25, 0.3) is 11.5 Å². The van der Waals surface area contributed by atoms with Gasteiger partial charge in [-0.1, -0.05) is 54.1 Å². The predicted octanol–water partition coefficient (Wildman–Crippen LogP) is 3.47. The smallest absolute Gasteiger partial charge is 0.294 e. The van der Waals surface area contributed by atoms with Crippen molar-refractivity contribution in [1.29, 1.82) is 0 Å². The molecule has 2 aromatic heterocycles. The summed E-state index contributed by atoms with van der Waals surface area (Å²) >= 11 is 6.33. The molecule has 0 saturated heterocycles. The summed E-state index contributed by atoms with van der Waals surface area (Å²) in [6.07, 6.45) is 2.06. The summed E-state index contributed by atoms with van der Waals surface area (Å²) in [5.41, 5.74) is 1.03. The van der Waals surface area contributed by atoms with Gasteiger partial charge in [0.1, 0.15) is 17.4 Å². The van der Waals surface area contributed by atoms with Crippen LogP contribution in [0.4, 0.5) is 0 Å². The summed E-state index contributed by atoms with van der Waals surface area (Å²) in [6.45, 7) is 1.10. The Morgan fingerprint density at radius 3 is 2.66 bits per heavy atom. The number of fused-ring (bicyclic) bond motifs is 1. The van der Waals surface area contributed by atoms with E-state index in [1.807, 2.05) is 30.3 Å². The fraction of sp³-hybridized carbons (Fsp3) is 0.280. The van der Waals surface area contributed by atoms with E-state index in [0.717, 1.165) is 22.9 Å². The Morgan fingerprint density at radius 1 is 1.17 bits per heavy atom. The van der Waals surface area contributed by atoms with E-state index in [9.17, 15) is 9.59 Å². The summed E-state index contributed by atoms with van der Waals surface area (Å²) in [7, 11) is 1.67. The lowest BCUT2D eigenvalue weighted by Crippen LogP contribution is -2.32. The maximum atomic E-state index is 12.9. The van der Waals surface area contributed by atoms with E-state index in [4.69, 9.17) is 21.1 Å². The first-order chi connectivity index (χ1) is 17.0. The zero-order valence-corrected chi connectivity index (χ0v) is 19.8. The summed E-state index contributed by atoms with van der Waals surface area (Å²) in [4.78, 5) is 33.1. The molecule has 0 spiro atoms. The van der Waals surface area contributed by atoms with E-state index < -0.39 is 5.56 Å². The lowest BCUT2D eigenvalue weighted by Gasteiger charge is -2.16. The van der Waals surface area contributed by atoms with Crippen LogP contribution in [0.1, 0.15) is 28.9 Å². The third-order valence-corrected chi connectivity index (χ3v) is 6.47. The van der Waals surface area contributed by atoms with Gasteiger partial charge in [-0.2, -0.15) is 9.50 Å². The van der Waals surface area contributed by atoms with Crippen molar-refractivity contribution in [3.63, 3.8) is 0 Å². The normalized spacial score (nSPS) is 14.1. The second-order valence-electron chi connectivity index (χ2n) is 8.66. The monoisotopic (exact) mass is 493 g/mol. The number of ether oxygens (including phenoxy) is 2. The minimum absolute atomic E-state index is 0.0273. The fourth-order valence-electron chi connectivity index (χ4n) is 3.90. The molecule has 2 aromatic carbocycles. The Labute approximate surface area is 206 Å². The number of aromatic amines is 1. The highest BCUT2D eigenvalue weighted by Gasteiger charge is 2.42. The number of para-hydroxylation sites is 1. The Bertz CT molecular complexity index is 1430. The largest absolute Gasteiger partial charge is 0.486 e. The summed E-state index contributed by atoms with van der Waals surface area (Å²) in [6, 6.07) is 16.3. The molecule has 1 aliphatic rings. The van der Waals surface area contributed by atoms with Gasteiger partial charge in [0.15, 0.2) is 5.82 Å². The van der Waals surface area contributed by atoms with E-state index >= 15 is 0 Å². The van der Waals surface area contributed by atoms with Gasteiger partial charge in [0, 0.05) is 24.6 Å². The highest BCUT2D eigenvalue weighted by atomic mass is 35.5. The van der Waals surface area contributed by atoms with Crippen LogP contribution in [0.5, 0.6) is 5.75 Å².